The van der Waals surface area contributed by atoms with Crippen molar-refractivity contribution in [1.82, 2.24) is 5.32 Å². The van der Waals surface area contributed by atoms with Gasteiger partial charge in [-0.1, -0.05) is 0 Å². The zero-order valence-electron chi connectivity index (χ0n) is 8.10. The van der Waals surface area contributed by atoms with Gasteiger partial charge in [-0.25, -0.2) is 4.79 Å². The molecule has 0 aromatic carbocycles. The van der Waals surface area contributed by atoms with Crippen molar-refractivity contribution in [2.24, 2.45) is 0 Å². The van der Waals surface area contributed by atoms with Gasteiger partial charge in [-0.05, 0) is 0 Å². The van der Waals surface area contributed by atoms with Crippen molar-refractivity contribution < 1.29 is 24.5 Å². The molecule has 1 saturated heterocycles. The molecule has 15 heavy (non-hydrogen) atoms. The maximum absolute atomic E-state index is 11.0. The number of aliphatic carboxylic acids is 1. The summed E-state index contributed by atoms with van der Waals surface area (Å²) >= 11 is 0. The summed E-state index contributed by atoms with van der Waals surface area (Å²) in [6.45, 7) is 0.725. The molecule has 6 heteroatoms. The lowest BCUT2D eigenvalue weighted by Gasteiger charge is -2.19. The highest BCUT2D eigenvalue weighted by Crippen LogP contribution is 2.16. The fourth-order valence-electron chi connectivity index (χ4n) is 1.19. The lowest BCUT2D eigenvalue weighted by Crippen LogP contribution is -2.42. The third kappa shape index (κ3) is 4.09. The Balaban J connectivity index is 2.30. The molecule has 1 rings (SSSR count). The van der Waals surface area contributed by atoms with Crippen LogP contribution in [0.1, 0.15) is 6.42 Å². The largest absolute Gasteiger partial charge is 0.478 e. The smallest absolute Gasteiger partial charge is 0.328 e. The first kappa shape index (κ1) is 11.7. The Kier molecular flexibility index (Phi) is 3.81. The monoisotopic (exact) mass is 215 g/mol. The first-order valence-electron chi connectivity index (χ1n) is 4.51. The van der Waals surface area contributed by atoms with E-state index in [0.717, 1.165) is 12.2 Å². The third-order valence-electron chi connectivity index (χ3n) is 2.05. The van der Waals surface area contributed by atoms with E-state index in [2.05, 4.69) is 5.32 Å². The van der Waals surface area contributed by atoms with Crippen LogP contribution in [0.4, 0.5) is 0 Å². The summed E-state index contributed by atoms with van der Waals surface area (Å²) in [5, 5.41) is 20.4. The highest BCUT2D eigenvalue weighted by Gasteiger charge is 2.32. The summed E-state index contributed by atoms with van der Waals surface area (Å²) in [4.78, 5) is 21.1. The van der Waals surface area contributed by atoms with Crippen molar-refractivity contribution in [3.63, 3.8) is 0 Å². The fourth-order valence-corrected chi connectivity index (χ4v) is 1.19. The molecule has 1 heterocycles. The zero-order valence-corrected chi connectivity index (χ0v) is 8.10. The van der Waals surface area contributed by atoms with Gasteiger partial charge in [0, 0.05) is 31.7 Å². The highest BCUT2D eigenvalue weighted by atomic mass is 16.5. The summed E-state index contributed by atoms with van der Waals surface area (Å²) in [6, 6.07) is 0. The van der Waals surface area contributed by atoms with Crippen LogP contribution in [0.25, 0.3) is 0 Å². The Bertz CT molecular complexity index is 280. The predicted octanol–water partition coefficient (Wildman–Crippen LogP) is -1.11. The van der Waals surface area contributed by atoms with Gasteiger partial charge in [0.2, 0.25) is 5.91 Å². The van der Waals surface area contributed by atoms with Gasteiger partial charge < -0.3 is 20.3 Å². The molecular formula is C9H13NO5. The van der Waals surface area contributed by atoms with Crippen molar-refractivity contribution in [3.05, 3.63) is 12.2 Å². The Labute approximate surface area is 86.5 Å². The van der Waals surface area contributed by atoms with Crippen LogP contribution >= 0.6 is 0 Å². The first-order valence-corrected chi connectivity index (χ1v) is 4.51. The molecule has 0 spiro atoms. The molecule has 3 N–H and O–H groups in total. The van der Waals surface area contributed by atoms with Crippen molar-refractivity contribution in [3.8, 4) is 0 Å². The van der Waals surface area contributed by atoms with E-state index in [0.29, 0.717) is 13.0 Å². The van der Waals surface area contributed by atoms with E-state index >= 15 is 0 Å². The van der Waals surface area contributed by atoms with E-state index in [1.54, 1.807) is 0 Å². The SMILES string of the molecule is O=C(O)/C=C/C(=O)NCC1(O)CCOC1. The number of hydrogen-bond donors (Lipinski definition) is 3. The molecule has 1 unspecified atom stereocenters. The molecule has 1 amide bonds. The van der Waals surface area contributed by atoms with Crippen LogP contribution in [-0.4, -0.2) is 47.4 Å². The van der Waals surface area contributed by atoms with Gasteiger partial charge in [-0.2, -0.15) is 0 Å². The lowest BCUT2D eigenvalue weighted by molar-refractivity contribution is -0.131. The van der Waals surface area contributed by atoms with Crippen LogP contribution < -0.4 is 5.32 Å². The molecule has 1 fully saturated rings. The number of nitrogens with one attached hydrogen (secondary N) is 1. The van der Waals surface area contributed by atoms with Gasteiger partial charge in [-0.3, -0.25) is 4.79 Å². The van der Waals surface area contributed by atoms with Crippen LogP contribution in [0, 0.1) is 0 Å². The van der Waals surface area contributed by atoms with Gasteiger partial charge in [0.1, 0.15) is 5.60 Å². The molecule has 6 nitrogen and oxygen atoms in total. The van der Waals surface area contributed by atoms with E-state index in [9.17, 15) is 14.7 Å². The third-order valence-corrected chi connectivity index (χ3v) is 2.05. The number of carboxylic acid groups (broad SMARTS) is 1. The van der Waals surface area contributed by atoms with E-state index in [4.69, 9.17) is 9.84 Å². The normalized spacial score (nSPS) is 25.7. The summed E-state index contributed by atoms with van der Waals surface area (Å²) in [5.74, 6) is -1.73. The van der Waals surface area contributed by atoms with Crippen LogP contribution in [0.5, 0.6) is 0 Å². The molecule has 84 valence electrons. The second-order valence-electron chi connectivity index (χ2n) is 3.42. The minimum atomic E-state index is -1.19. The number of carbonyl (C=O) groups is 2. The maximum atomic E-state index is 11.0. The Morgan fingerprint density at radius 2 is 2.20 bits per heavy atom. The predicted molar refractivity (Wildman–Crippen MR) is 50.2 cm³/mol. The highest BCUT2D eigenvalue weighted by molar-refractivity contribution is 5.93. The Morgan fingerprint density at radius 3 is 2.73 bits per heavy atom. The number of hydrogen-bond acceptors (Lipinski definition) is 4. The quantitative estimate of drug-likeness (QED) is 0.517. The van der Waals surface area contributed by atoms with Crippen LogP contribution in [0.15, 0.2) is 12.2 Å². The van der Waals surface area contributed by atoms with Crippen molar-refractivity contribution in [2.75, 3.05) is 19.8 Å². The van der Waals surface area contributed by atoms with E-state index in [1.807, 2.05) is 0 Å². The Morgan fingerprint density at radius 1 is 1.47 bits per heavy atom. The number of carbonyl (C=O) groups excluding carboxylic acids is 1. The van der Waals surface area contributed by atoms with Crippen molar-refractivity contribution in [1.29, 1.82) is 0 Å². The standard InChI is InChI=1S/C9H13NO5/c11-7(1-2-8(12)13)10-5-9(14)3-4-15-6-9/h1-2,14H,3-6H2,(H,10,11)(H,12,13)/b2-1+. The maximum Gasteiger partial charge on any atom is 0.328 e. The number of rotatable bonds is 4. The number of ether oxygens (including phenoxy) is 1. The number of amides is 1. The molecule has 0 aromatic rings. The van der Waals surface area contributed by atoms with E-state index in [1.165, 1.54) is 0 Å². The van der Waals surface area contributed by atoms with E-state index < -0.39 is 17.5 Å². The molecule has 1 aliphatic rings. The zero-order chi connectivity index (χ0) is 11.3. The molecule has 0 bridgehead atoms. The van der Waals surface area contributed by atoms with Crippen LogP contribution in [0.2, 0.25) is 0 Å². The molecule has 1 atom stereocenters. The fraction of sp³-hybridized carbons (Fsp3) is 0.556. The van der Waals surface area contributed by atoms with Crippen molar-refractivity contribution in [2.45, 2.75) is 12.0 Å². The Hall–Kier alpha value is -1.40. The molecule has 0 aromatic heterocycles. The number of aliphatic hydroxyl groups is 1. The lowest BCUT2D eigenvalue weighted by atomic mass is 10.0. The molecular weight excluding hydrogens is 202 g/mol. The van der Waals surface area contributed by atoms with Crippen molar-refractivity contribution >= 4 is 11.9 Å². The van der Waals surface area contributed by atoms with E-state index in [-0.39, 0.29) is 13.2 Å². The second kappa shape index (κ2) is 4.90. The number of carboxylic acids is 1. The average molecular weight is 215 g/mol. The summed E-state index contributed by atoms with van der Waals surface area (Å²) in [7, 11) is 0. The summed E-state index contributed by atoms with van der Waals surface area (Å²) in [5.41, 5.74) is -1.02. The van der Waals surface area contributed by atoms with Crippen LogP contribution in [-0.2, 0) is 14.3 Å². The molecule has 0 aliphatic carbocycles. The minimum Gasteiger partial charge on any atom is -0.478 e. The minimum absolute atomic E-state index is 0.0653. The van der Waals surface area contributed by atoms with Gasteiger partial charge in [-0.15, -0.1) is 0 Å². The second-order valence-corrected chi connectivity index (χ2v) is 3.42. The molecule has 1 aliphatic heterocycles. The average Bonchev–Trinajstić information content (AvgIpc) is 2.60. The summed E-state index contributed by atoms with van der Waals surface area (Å²) in [6.07, 6.45) is 2.11. The van der Waals surface area contributed by atoms with Gasteiger partial charge >= 0.3 is 5.97 Å². The first-order chi connectivity index (χ1) is 7.02. The van der Waals surface area contributed by atoms with Crippen LogP contribution in [0.3, 0.4) is 0 Å². The van der Waals surface area contributed by atoms with Gasteiger partial charge in [0.05, 0.1) is 6.61 Å². The topological polar surface area (TPSA) is 95.9 Å². The molecule has 0 saturated carbocycles. The summed E-state index contributed by atoms with van der Waals surface area (Å²) < 4.78 is 4.98. The van der Waals surface area contributed by atoms with Gasteiger partial charge in [0.25, 0.3) is 0 Å². The van der Waals surface area contributed by atoms with Gasteiger partial charge in [0.15, 0.2) is 0 Å². The molecule has 0 radical (unpaired) electrons.